The van der Waals surface area contributed by atoms with Gasteiger partial charge in [0.1, 0.15) is 31.3 Å². The van der Waals surface area contributed by atoms with Gasteiger partial charge >= 0.3 is 19.8 Å². The number of hydrogen-bond donors (Lipinski definition) is 2. The molecule has 0 fully saturated rings. The number of aliphatic hydroxyl groups excluding tert-OH is 1. The first-order chi connectivity index (χ1) is 28.7. The average Bonchev–Trinajstić information content (AvgIpc) is 3.45. The Morgan fingerprint density at radius 2 is 1.28 bits per heavy atom. The zero-order chi connectivity index (χ0) is 44.5. The van der Waals surface area contributed by atoms with Crippen molar-refractivity contribution in [2.75, 3.05) is 47.5 Å². The van der Waals surface area contributed by atoms with Crippen LogP contribution in [0.5, 0.6) is 0 Å². The molecule has 2 unspecified atom stereocenters. The monoisotopic (exact) mass is 863 g/mol. The van der Waals surface area contributed by atoms with Crippen molar-refractivity contribution in [3.05, 3.63) is 83.4 Å². The molecular weight excluding hydrogens is 781 g/mol. The van der Waals surface area contributed by atoms with Gasteiger partial charge in [-0.2, -0.15) is 0 Å². The second kappa shape index (κ2) is 33.6. The van der Waals surface area contributed by atoms with E-state index in [9.17, 15) is 24.2 Å². The maximum atomic E-state index is 12.8. The van der Waals surface area contributed by atoms with Gasteiger partial charge in [-0.1, -0.05) is 113 Å². The number of hydrogen-bond acceptors (Lipinski definition) is 9. The second-order valence-corrected chi connectivity index (χ2v) is 17.9. The lowest BCUT2D eigenvalue weighted by atomic mass is 10.0. The van der Waals surface area contributed by atoms with E-state index in [1.807, 2.05) is 33.3 Å². The third-order valence-corrected chi connectivity index (χ3v) is 10.8. The highest BCUT2D eigenvalue weighted by Gasteiger charge is 2.27. The van der Waals surface area contributed by atoms with E-state index in [0.717, 1.165) is 95.0 Å². The van der Waals surface area contributed by atoms with Crippen molar-refractivity contribution < 1.29 is 51.6 Å². The molecule has 0 saturated heterocycles. The third-order valence-electron chi connectivity index (χ3n) is 9.84. The van der Waals surface area contributed by atoms with Crippen molar-refractivity contribution in [2.24, 2.45) is 0 Å². The molecule has 12 heteroatoms. The van der Waals surface area contributed by atoms with Crippen molar-refractivity contribution in [1.29, 1.82) is 0 Å². The summed E-state index contributed by atoms with van der Waals surface area (Å²) in [5.74, 6) is 1.24. The number of esters is 2. The van der Waals surface area contributed by atoms with E-state index in [1.54, 1.807) is 12.2 Å². The predicted octanol–water partition coefficient (Wildman–Crippen LogP) is 11.1. The van der Waals surface area contributed by atoms with Crippen molar-refractivity contribution >= 4 is 19.8 Å². The molecule has 11 nitrogen and oxygen atoms in total. The van der Waals surface area contributed by atoms with Crippen LogP contribution >= 0.6 is 7.82 Å². The number of nitrogens with zero attached hydrogens (tertiary/aromatic N) is 1. The summed E-state index contributed by atoms with van der Waals surface area (Å²) in [6.07, 6.45) is 34.4. The maximum Gasteiger partial charge on any atom is 0.472 e. The Hall–Kier alpha value is -3.05. The Kier molecular flexibility index (Phi) is 30.7. The highest BCUT2D eigenvalue weighted by Crippen LogP contribution is 2.43. The largest absolute Gasteiger partial charge is 0.472 e. The molecule has 0 saturated carbocycles. The van der Waals surface area contributed by atoms with E-state index in [4.69, 9.17) is 22.9 Å². The quantitative estimate of drug-likeness (QED) is 0.0167. The van der Waals surface area contributed by atoms with Crippen LogP contribution in [-0.4, -0.2) is 86.1 Å². The van der Waals surface area contributed by atoms with Crippen LogP contribution in [0.4, 0.5) is 0 Å². The van der Waals surface area contributed by atoms with Crippen LogP contribution in [0.15, 0.2) is 65.2 Å². The molecule has 1 aromatic heterocycles. The number of phosphoric ester groups is 1. The number of ether oxygens (including phenoxy) is 2. The third kappa shape index (κ3) is 30.1. The van der Waals surface area contributed by atoms with Crippen molar-refractivity contribution in [3.8, 4) is 0 Å². The first-order valence-corrected chi connectivity index (χ1v) is 24.0. The second-order valence-electron chi connectivity index (χ2n) is 16.5. The minimum Gasteiger partial charge on any atom is -0.466 e. The van der Waals surface area contributed by atoms with Gasteiger partial charge < -0.3 is 28.4 Å². The molecule has 60 heavy (non-hydrogen) atoms. The lowest BCUT2D eigenvalue weighted by Gasteiger charge is -2.24. The molecule has 0 aliphatic carbocycles. The SMILES string of the molecule is CC/C=C\C/C=C\C/C=C\C/C=C\C=C\C(O)CCCC(=O)OC[C@H](COP(=O)(O)OCC[N+](C)(C)C)OC(=O)CCCCCCCCCCc1oc(CCC)c(C)c1C. The smallest absolute Gasteiger partial charge is 0.466 e. The zero-order valence-electron chi connectivity index (χ0n) is 38.2. The van der Waals surface area contributed by atoms with Gasteiger partial charge in [-0.05, 0) is 82.8 Å². The van der Waals surface area contributed by atoms with E-state index in [0.29, 0.717) is 30.3 Å². The summed E-state index contributed by atoms with van der Waals surface area (Å²) in [6, 6.07) is 0. The van der Waals surface area contributed by atoms with Gasteiger partial charge in [-0.15, -0.1) is 0 Å². The average molecular weight is 863 g/mol. The highest BCUT2D eigenvalue weighted by atomic mass is 31.2. The van der Waals surface area contributed by atoms with Crippen molar-refractivity contribution in [2.45, 2.75) is 162 Å². The minimum atomic E-state index is -4.44. The van der Waals surface area contributed by atoms with Crippen molar-refractivity contribution in [3.63, 3.8) is 0 Å². The van der Waals surface area contributed by atoms with Crippen LogP contribution in [0.1, 0.15) is 146 Å². The molecule has 0 aliphatic rings. The van der Waals surface area contributed by atoms with E-state index in [2.05, 4.69) is 64.2 Å². The van der Waals surface area contributed by atoms with E-state index < -0.39 is 38.6 Å². The molecule has 0 radical (unpaired) electrons. The number of aliphatic hydroxyl groups is 1. The Balaban J connectivity index is 2.43. The number of phosphoric acid groups is 1. The summed E-state index contributed by atoms with van der Waals surface area (Å²) in [5.41, 5.74) is 2.60. The van der Waals surface area contributed by atoms with Gasteiger partial charge in [-0.25, -0.2) is 4.57 Å². The van der Waals surface area contributed by atoms with E-state index in [-0.39, 0.29) is 26.1 Å². The molecule has 3 atom stereocenters. The molecule has 1 aromatic rings. The minimum absolute atomic E-state index is 0.00848. The maximum absolute atomic E-state index is 12.8. The van der Waals surface area contributed by atoms with Crippen molar-refractivity contribution in [1.82, 2.24) is 0 Å². The number of allylic oxidation sites excluding steroid dienone is 9. The van der Waals surface area contributed by atoms with Gasteiger partial charge in [0.05, 0.1) is 33.9 Å². The lowest BCUT2D eigenvalue weighted by Crippen LogP contribution is -2.37. The topological polar surface area (TPSA) is 142 Å². The molecule has 0 spiro atoms. The molecule has 2 N–H and O–H groups in total. The van der Waals surface area contributed by atoms with Crippen LogP contribution in [0, 0.1) is 13.8 Å². The molecular formula is C48H81NO10P+. The zero-order valence-corrected chi connectivity index (χ0v) is 39.1. The standard InChI is InChI=1S/C48H80NO10P/c1-8-10-11-12-13-14-15-16-17-18-21-24-27-32-43(50)33-30-36-47(51)55-39-44(40-57-60(53,54)56-38-37-49(5,6)7)58-48(52)35-29-26-23-20-19-22-25-28-34-46-42(4)41(3)45(59-46)31-9-2/h10-11,13-14,16-17,21,24,27,32,43-44,50H,8-9,12,15,18-20,22-23,25-26,28-31,33-40H2,1-7H3/p+1/b11-10-,14-13-,17-16-,24-21-,32-27+/t43?,44-/m1/s1. The van der Waals surface area contributed by atoms with Crippen LogP contribution < -0.4 is 0 Å². The Morgan fingerprint density at radius 1 is 0.717 bits per heavy atom. The summed E-state index contributed by atoms with van der Waals surface area (Å²) >= 11 is 0. The number of unbranched alkanes of at least 4 members (excludes halogenated alkanes) is 7. The van der Waals surface area contributed by atoms with Crippen LogP contribution in [0.2, 0.25) is 0 Å². The predicted molar refractivity (Wildman–Crippen MR) is 243 cm³/mol. The number of carbonyl (C=O) groups is 2. The fourth-order valence-corrected chi connectivity index (χ4v) is 6.83. The first kappa shape index (κ1) is 55.0. The fraction of sp³-hybridized carbons (Fsp3) is 0.667. The van der Waals surface area contributed by atoms with Crippen LogP contribution in [0.3, 0.4) is 0 Å². The first-order valence-electron chi connectivity index (χ1n) is 22.5. The summed E-state index contributed by atoms with van der Waals surface area (Å²) in [7, 11) is 1.34. The molecule has 0 aliphatic heterocycles. The van der Waals surface area contributed by atoms with Gasteiger partial charge in [0, 0.05) is 25.7 Å². The Labute approximate surface area is 363 Å². The Morgan fingerprint density at radius 3 is 1.90 bits per heavy atom. The van der Waals surface area contributed by atoms with Gasteiger partial charge in [-0.3, -0.25) is 18.6 Å². The molecule has 0 aromatic carbocycles. The number of carbonyl (C=O) groups excluding carboxylic acids is 2. The molecule has 0 amide bonds. The van der Waals surface area contributed by atoms with Gasteiger partial charge in [0.25, 0.3) is 0 Å². The molecule has 1 rings (SSSR count). The highest BCUT2D eigenvalue weighted by molar-refractivity contribution is 7.47. The molecule has 0 bridgehead atoms. The van der Waals surface area contributed by atoms with Gasteiger partial charge in [0.15, 0.2) is 6.10 Å². The number of aryl methyl sites for hydroxylation is 2. The molecule has 1 heterocycles. The van der Waals surface area contributed by atoms with Crippen LogP contribution in [0.25, 0.3) is 0 Å². The van der Waals surface area contributed by atoms with Gasteiger partial charge in [0.2, 0.25) is 0 Å². The lowest BCUT2D eigenvalue weighted by molar-refractivity contribution is -0.870. The normalized spacial score (nSPS) is 14.6. The summed E-state index contributed by atoms with van der Waals surface area (Å²) in [4.78, 5) is 35.5. The van der Waals surface area contributed by atoms with E-state index in [1.165, 1.54) is 17.5 Å². The fourth-order valence-electron chi connectivity index (χ4n) is 6.09. The van der Waals surface area contributed by atoms with Crippen LogP contribution in [-0.2, 0) is 45.5 Å². The number of rotatable bonds is 36. The summed E-state index contributed by atoms with van der Waals surface area (Å²) in [6.45, 7) is 8.27. The molecule has 342 valence electrons. The number of furan rings is 1. The van der Waals surface area contributed by atoms with E-state index >= 15 is 0 Å². The Bertz CT molecular complexity index is 1500. The summed E-state index contributed by atoms with van der Waals surface area (Å²) in [5, 5.41) is 10.3. The summed E-state index contributed by atoms with van der Waals surface area (Å²) < 4.78 is 40.3. The number of likely N-dealkylation sites (N-methyl/N-ethyl adjacent to an activating group) is 1. The number of quaternary nitrogens is 1.